The first-order chi connectivity index (χ1) is 7.94. The zero-order valence-electron chi connectivity index (χ0n) is 9.67. The Morgan fingerprint density at radius 2 is 2.12 bits per heavy atom. The Kier molecular flexibility index (Phi) is 4.74. The third-order valence-electron chi connectivity index (χ3n) is 2.37. The summed E-state index contributed by atoms with van der Waals surface area (Å²) in [6, 6.07) is 3.59. The summed E-state index contributed by atoms with van der Waals surface area (Å²) >= 11 is 0. The van der Waals surface area contributed by atoms with Crippen LogP contribution in [0.3, 0.4) is 0 Å². The van der Waals surface area contributed by atoms with E-state index in [9.17, 15) is 13.2 Å². The highest BCUT2D eigenvalue weighted by Crippen LogP contribution is 2.22. The summed E-state index contributed by atoms with van der Waals surface area (Å²) in [5, 5.41) is 0. The fraction of sp³-hybridized carbons (Fsp3) is 0.545. The normalized spacial score (nSPS) is 11.6. The summed E-state index contributed by atoms with van der Waals surface area (Å²) < 4.78 is 36.3. The highest BCUT2D eigenvalue weighted by atomic mass is 19.4. The van der Waals surface area contributed by atoms with E-state index in [-0.39, 0.29) is 6.54 Å². The van der Waals surface area contributed by atoms with Crippen molar-refractivity contribution in [3.05, 3.63) is 23.9 Å². The lowest BCUT2D eigenvalue weighted by Crippen LogP contribution is -2.26. The quantitative estimate of drug-likeness (QED) is 0.865. The second kappa shape index (κ2) is 5.86. The van der Waals surface area contributed by atoms with Gasteiger partial charge in [-0.15, -0.1) is 0 Å². The number of pyridine rings is 1. The average molecular weight is 247 g/mol. The fourth-order valence-electron chi connectivity index (χ4n) is 1.52. The monoisotopic (exact) mass is 247 g/mol. The topological polar surface area (TPSA) is 42.2 Å². The molecule has 17 heavy (non-hydrogen) atoms. The van der Waals surface area contributed by atoms with Gasteiger partial charge in [0.15, 0.2) is 0 Å². The van der Waals surface area contributed by atoms with Crippen LogP contribution in [0.25, 0.3) is 0 Å². The average Bonchev–Trinajstić information content (AvgIpc) is 2.26. The maximum Gasteiger partial charge on any atom is 0.390 e. The first-order valence-corrected chi connectivity index (χ1v) is 5.36. The highest BCUT2D eigenvalue weighted by Gasteiger charge is 2.27. The number of nitrogens with two attached hydrogens (primary N) is 1. The number of hydrogen-bond acceptors (Lipinski definition) is 3. The molecule has 0 unspecified atom stereocenters. The first-order valence-electron chi connectivity index (χ1n) is 5.36. The van der Waals surface area contributed by atoms with E-state index in [0.29, 0.717) is 18.8 Å². The standard InChI is InChI=1S/C11H16F3N3/c1-17(8-5-11(12,13)14)10-9(4-6-15)3-2-7-16-10/h2-3,7H,4-6,8,15H2,1H3. The van der Waals surface area contributed by atoms with Crippen LogP contribution in [-0.4, -0.2) is 31.3 Å². The van der Waals surface area contributed by atoms with Gasteiger partial charge in [-0.3, -0.25) is 0 Å². The number of hydrogen-bond donors (Lipinski definition) is 1. The van der Waals surface area contributed by atoms with Crippen molar-refractivity contribution in [2.45, 2.75) is 19.0 Å². The molecule has 0 aliphatic rings. The van der Waals surface area contributed by atoms with Crippen molar-refractivity contribution in [1.29, 1.82) is 0 Å². The second-order valence-corrected chi connectivity index (χ2v) is 3.81. The Morgan fingerprint density at radius 1 is 1.41 bits per heavy atom. The lowest BCUT2D eigenvalue weighted by Gasteiger charge is -2.21. The Hall–Kier alpha value is -1.30. The van der Waals surface area contributed by atoms with Crippen LogP contribution < -0.4 is 10.6 Å². The van der Waals surface area contributed by atoms with Gasteiger partial charge in [-0.25, -0.2) is 4.98 Å². The number of aromatic nitrogens is 1. The number of halogens is 3. The molecule has 96 valence electrons. The van der Waals surface area contributed by atoms with E-state index in [0.717, 1.165) is 5.56 Å². The fourth-order valence-corrected chi connectivity index (χ4v) is 1.52. The van der Waals surface area contributed by atoms with Gasteiger partial charge in [0.05, 0.1) is 6.42 Å². The van der Waals surface area contributed by atoms with Crippen molar-refractivity contribution in [2.75, 3.05) is 25.0 Å². The lowest BCUT2D eigenvalue weighted by atomic mass is 10.2. The molecule has 0 saturated carbocycles. The largest absolute Gasteiger partial charge is 0.390 e. The molecule has 0 bridgehead atoms. The van der Waals surface area contributed by atoms with E-state index in [1.54, 1.807) is 19.3 Å². The van der Waals surface area contributed by atoms with Crippen molar-refractivity contribution in [3.8, 4) is 0 Å². The van der Waals surface area contributed by atoms with Gasteiger partial charge in [0.25, 0.3) is 0 Å². The predicted octanol–water partition coefficient (Wildman–Crippen LogP) is 1.97. The van der Waals surface area contributed by atoms with Gasteiger partial charge in [-0.05, 0) is 24.6 Å². The van der Waals surface area contributed by atoms with Crippen LogP contribution in [0, 0.1) is 0 Å². The molecule has 0 aliphatic heterocycles. The molecule has 0 aromatic carbocycles. The van der Waals surface area contributed by atoms with Crippen LogP contribution in [0.1, 0.15) is 12.0 Å². The van der Waals surface area contributed by atoms with Gasteiger partial charge in [0, 0.05) is 19.8 Å². The minimum absolute atomic E-state index is 0.0991. The van der Waals surface area contributed by atoms with E-state index in [1.165, 1.54) is 4.90 Å². The molecule has 0 aliphatic carbocycles. The Labute approximate surface area is 98.4 Å². The van der Waals surface area contributed by atoms with Crippen LogP contribution in [0.5, 0.6) is 0 Å². The van der Waals surface area contributed by atoms with E-state index < -0.39 is 12.6 Å². The number of alkyl halides is 3. The van der Waals surface area contributed by atoms with Crippen LogP contribution in [-0.2, 0) is 6.42 Å². The lowest BCUT2D eigenvalue weighted by molar-refractivity contribution is -0.132. The van der Waals surface area contributed by atoms with E-state index in [1.807, 2.05) is 6.07 Å². The van der Waals surface area contributed by atoms with Crippen LogP contribution in [0.4, 0.5) is 19.0 Å². The van der Waals surface area contributed by atoms with Crippen LogP contribution >= 0.6 is 0 Å². The number of nitrogens with zero attached hydrogens (tertiary/aromatic N) is 2. The van der Waals surface area contributed by atoms with Crippen molar-refractivity contribution in [2.24, 2.45) is 5.73 Å². The number of anilines is 1. The second-order valence-electron chi connectivity index (χ2n) is 3.81. The Morgan fingerprint density at radius 3 is 2.71 bits per heavy atom. The molecule has 0 fully saturated rings. The van der Waals surface area contributed by atoms with E-state index >= 15 is 0 Å². The Balaban J connectivity index is 2.70. The first kappa shape index (κ1) is 13.8. The zero-order chi connectivity index (χ0) is 12.9. The molecule has 1 aromatic rings. The summed E-state index contributed by atoms with van der Waals surface area (Å²) in [4.78, 5) is 5.61. The highest BCUT2D eigenvalue weighted by molar-refractivity contribution is 5.46. The third kappa shape index (κ3) is 4.60. The molecular formula is C11H16F3N3. The molecule has 1 heterocycles. The molecule has 1 aromatic heterocycles. The minimum atomic E-state index is -4.14. The summed E-state index contributed by atoms with van der Waals surface area (Å²) in [5.74, 6) is 0.571. The molecule has 1 rings (SSSR count). The van der Waals surface area contributed by atoms with Gasteiger partial charge in [-0.1, -0.05) is 6.07 Å². The van der Waals surface area contributed by atoms with Gasteiger partial charge in [0.1, 0.15) is 5.82 Å². The third-order valence-corrected chi connectivity index (χ3v) is 2.37. The molecule has 2 N–H and O–H groups in total. The van der Waals surface area contributed by atoms with Crippen molar-refractivity contribution < 1.29 is 13.2 Å². The number of rotatable bonds is 5. The molecule has 3 nitrogen and oxygen atoms in total. The van der Waals surface area contributed by atoms with Crippen molar-refractivity contribution in [1.82, 2.24) is 4.98 Å². The molecular weight excluding hydrogens is 231 g/mol. The maximum atomic E-state index is 12.1. The molecule has 0 spiro atoms. The maximum absolute atomic E-state index is 12.1. The summed E-state index contributed by atoms with van der Waals surface area (Å²) in [6.07, 6.45) is -2.81. The summed E-state index contributed by atoms with van der Waals surface area (Å²) in [5.41, 5.74) is 6.32. The zero-order valence-corrected chi connectivity index (χ0v) is 9.67. The molecule has 0 radical (unpaired) electrons. The summed E-state index contributed by atoms with van der Waals surface area (Å²) in [7, 11) is 1.61. The van der Waals surface area contributed by atoms with E-state index in [2.05, 4.69) is 4.98 Å². The minimum Gasteiger partial charge on any atom is -0.359 e. The van der Waals surface area contributed by atoms with Crippen molar-refractivity contribution >= 4 is 5.82 Å². The smallest absolute Gasteiger partial charge is 0.359 e. The van der Waals surface area contributed by atoms with Gasteiger partial charge >= 0.3 is 6.18 Å². The predicted molar refractivity (Wildman–Crippen MR) is 60.9 cm³/mol. The van der Waals surface area contributed by atoms with Gasteiger partial charge < -0.3 is 10.6 Å². The van der Waals surface area contributed by atoms with E-state index in [4.69, 9.17) is 5.73 Å². The van der Waals surface area contributed by atoms with Gasteiger partial charge in [0.2, 0.25) is 0 Å². The Bertz CT molecular complexity index is 352. The molecule has 0 atom stereocenters. The van der Waals surface area contributed by atoms with Gasteiger partial charge in [-0.2, -0.15) is 13.2 Å². The van der Waals surface area contributed by atoms with Crippen LogP contribution in [0.2, 0.25) is 0 Å². The molecule has 0 saturated heterocycles. The SMILES string of the molecule is CN(CCC(F)(F)F)c1ncccc1CCN. The van der Waals surface area contributed by atoms with Crippen LogP contribution in [0.15, 0.2) is 18.3 Å². The summed E-state index contributed by atoms with van der Waals surface area (Å²) in [6.45, 7) is 0.351. The molecule has 0 amide bonds. The molecule has 6 heteroatoms. The van der Waals surface area contributed by atoms with Crippen molar-refractivity contribution in [3.63, 3.8) is 0 Å².